The van der Waals surface area contributed by atoms with Gasteiger partial charge in [0.15, 0.2) is 9.84 Å². The van der Waals surface area contributed by atoms with Gasteiger partial charge in [-0.25, -0.2) is 8.42 Å². The van der Waals surface area contributed by atoms with Crippen LogP contribution in [-0.4, -0.2) is 47.8 Å². The molecule has 1 aromatic carbocycles. The fourth-order valence-electron chi connectivity index (χ4n) is 4.50. The normalized spacial score (nSPS) is 23.2. The first-order chi connectivity index (χ1) is 14.9. The van der Waals surface area contributed by atoms with E-state index in [4.69, 9.17) is 4.65 Å². The summed E-state index contributed by atoms with van der Waals surface area (Å²) in [5, 5.41) is 19.8. The predicted octanol–water partition coefficient (Wildman–Crippen LogP) is 3.49. The highest BCUT2D eigenvalue weighted by Gasteiger charge is 2.47. The maximum absolute atomic E-state index is 12.6. The van der Waals surface area contributed by atoms with E-state index in [2.05, 4.69) is 4.98 Å². The van der Waals surface area contributed by atoms with Gasteiger partial charge < -0.3 is 14.8 Å². The van der Waals surface area contributed by atoms with Crippen LogP contribution >= 0.6 is 0 Å². The molecule has 31 heavy (non-hydrogen) atoms. The van der Waals surface area contributed by atoms with Gasteiger partial charge in [0.1, 0.15) is 5.75 Å². The molecule has 2 aliphatic rings. The molecule has 0 saturated carbocycles. The fraction of sp³-hybridized carbons (Fsp3) is 0.348. The van der Waals surface area contributed by atoms with Crippen molar-refractivity contribution < 1.29 is 23.2 Å². The first-order valence-corrected chi connectivity index (χ1v) is 12.3. The molecule has 2 aliphatic heterocycles. The summed E-state index contributed by atoms with van der Waals surface area (Å²) in [6.45, 7) is 1.96. The van der Waals surface area contributed by atoms with Crippen molar-refractivity contribution >= 4 is 28.6 Å². The molecule has 2 N–H and O–H groups in total. The highest BCUT2D eigenvalue weighted by molar-refractivity contribution is 7.92. The number of aromatic nitrogens is 1. The Labute approximate surface area is 183 Å². The van der Waals surface area contributed by atoms with Gasteiger partial charge in [-0.05, 0) is 54.7 Å². The van der Waals surface area contributed by atoms with E-state index >= 15 is 0 Å². The zero-order chi connectivity index (χ0) is 22.0. The molecule has 8 heteroatoms. The second-order valence-corrected chi connectivity index (χ2v) is 10.2. The quantitative estimate of drug-likeness (QED) is 0.529. The number of phenolic OH excluding ortho intramolecular Hbond substituents is 1. The highest BCUT2D eigenvalue weighted by atomic mass is 32.2. The summed E-state index contributed by atoms with van der Waals surface area (Å²) < 4.78 is 31.1. The molecule has 3 heterocycles. The summed E-state index contributed by atoms with van der Waals surface area (Å²) in [6.07, 6.45) is 4.97. The Morgan fingerprint density at radius 1 is 1.26 bits per heavy atom. The van der Waals surface area contributed by atoms with E-state index in [0.717, 1.165) is 22.4 Å². The van der Waals surface area contributed by atoms with E-state index in [1.54, 1.807) is 18.3 Å². The highest BCUT2D eigenvalue weighted by Crippen LogP contribution is 2.41. The topological polar surface area (TPSA) is 96.7 Å². The van der Waals surface area contributed by atoms with Crippen LogP contribution in [-0.2, 0) is 14.5 Å². The Balaban J connectivity index is 1.65. The number of sulfone groups is 1. The zero-order valence-corrected chi connectivity index (χ0v) is 18.3. The molecule has 0 radical (unpaired) electrons. The van der Waals surface area contributed by atoms with Gasteiger partial charge in [0.25, 0.3) is 0 Å². The minimum absolute atomic E-state index is 0.0525. The van der Waals surface area contributed by atoms with Crippen LogP contribution in [0.2, 0.25) is 6.32 Å². The van der Waals surface area contributed by atoms with Crippen molar-refractivity contribution in [2.45, 2.75) is 43.9 Å². The van der Waals surface area contributed by atoms with Crippen LogP contribution in [0, 0.1) is 0 Å². The van der Waals surface area contributed by atoms with Crippen LogP contribution in [0.15, 0.2) is 59.8 Å². The molecule has 0 amide bonds. The van der Waals surface area contributed by atoms with Crippen molar-refractivity contribution in [3.05, 3.63) is 71.1 Å². The molecular formula is C23H26BNO5S. The summed E-state index contributed by atoms with van der Waals surface area (Å²) in [7, 11) is -4.39. The maximum Gasteiger partial charge on any atom is 0.456 e. The number of benzene rings is 1. The number of hydrogen-bond acceptors (Lipinski definition) is 6. The standard InChI is InChI=1S/C23H26BNO5S/c1-2-16-15-31(28,29)22-14-24(27)30-21(23(16)22)11-10-17(19-8-5-6-12-25-19)13-18-7-3-4-9-20(18)26/h3-9,12-13,21-22,26-27H,2,10-11,14-15H2,1H3/b17-13-/t21-,22+/m1/s1. The average Bonchev–Trinajstić information content (AvgIpc) is 3.03. The summed E-state index contributed by atoms with van der Waals surface area (Å²) in [5.74, 6) is 0.231. The number of aromatic hydroxyl groups is 1. The van der Waals surface area contributed by atoms with Gasteiger partial charge in [-0.1, -0.05) is 36.8 Å². The lowest BCUT2D eigenvalue weighted by Crippen LogP contribution is -2.41. The number of phenols is 1. The molecule has 0 bridgehead atoms. The molecule has 0 aliphatic carbocycles. The van der Waals surface area contributed by atoms with E-state index in [0.29, 0.717) is 24.8 Å². The van der Waals surface area contributed by atoms with Crippen molar-refractivity contribution in [3.63, 3.8) is 0 Å². The first kappa shape index (κ1) is 21.8. The summed E-state index contributed by atoms with van der Waals surface area (Å²) in [4.78, 5) is 4.46. The lowest BCUT2D eigenvalue weighted by molar-refractivity contribution is 0.171. The van der Waals surface area contributed by atoms with Crippen molar-refractivity contribution in [1.29, 1.82) is 0 Å². The lowest BCUT2D eigenvalue weighted by atomic mass is 9.74. The van der Waals surface area contributed by atoms with E-state index < -0.39 is 28.3 Å². The molecule has 162 valence electrons. The maximum atomic E-state index is 12.6. The summed E-state index contributed by atoms with van der Waals surface area (Å²) in [5.41, 5.74) is 4.11. The van der Waals surface area contributed by atoms with E-state index in [1.165, 1.54) is 0 Å². The molecular weight excluding hydrogens is 413 g/mol. The minimum atomic E-state index is -3.29. The van der Waals surface area contributed by atoms with E-state index in [-0.39, 0.29) is 17.8 Å². The third kappa shape index (κ3) is 4.61. The van der Waals surface area contributed by atoms with Gasteiger partial charge in [0.05, 0.1) is 22.8 Å². The molecule has 2 aromatic rings. The van der Waals surface area contributed by atoms with Crippen molar-refractivity contribution in [2.75, 3.05) is 5.75 Å². The number of nitrogens with zero attached hydrogens (tertiary/aromatic N) is 1. The fourth-order valence-corrected chi connectivity index (χ4v) is 6.72. The molecule has 0 spiro atoms. The van der Waals surface area contributed by atoms with Crippen LogP contribution in [0.25, 0.3) is 11.6 Å². The molecule has 4 rings (SSSR count). The largest absolute Gasteiger partial charge is 0.507 e. The molecule has 1 fully saturated rings. The van der Waals surface area contributed by atoms with Gasteiger partial charge in [-0.3, -0.25) is 4.98 Å². The first-order valence-electron chi connectivity index (χ1n) is 10.6. The monoisotopic (exact) mass is 439 g/mol. The number of para-hydroxylation sites is 1. The number of fused-ring (bicyclic) bond motifs is 1. The second kappa shape index (κ2) is 8.98. The van der Waals surface area contributed by atoms with Gasteiger partial charge in [0.2, 0.25) is 0 Å². The third-order valence-corrected chi connectivity index (χ3v) is 8.08. The van der Waals surface area contributed by atoms with Gasteiger partial charge in [0, 0.05) is 18.1 Å². The third-order valence-electron chi connectivity index (χ3n) is 6.01. The van der Waals surface area contributed by atoms with Crippen LogP contribution in [0.3, 0.4) is 0 Å². The van der Waals surface area contributed by atoms with E-state index in [9.17, 15) is 18.5 Å². The molecule has 2 atom stereocenters. The number of allylic oxidation sites excluding steroid dienone is 1. The average molecular weight is 439 g/mol. The minimum Gasteiger partial charge on any atom is -0.507 e. The number of hydrogen-bond donors (Lipinski definition) is 2. The Morgan fingerprint density at radius 2 is 2.03 bits per heavy atom. The summed E-state index contributed by atoms with van der Waals surface area (Å²) >= 11 is 0. The van der Waals surface area contributed by atoms with Crippen molar-refractivity contribution in [1.82, 2.24) is 4.98 Å². The van der Waals surface area contributed by atoms with Crippen molar-refractivity contribution in [2.24, 2.45) is 0 Å². The van der Waals surface area contributed by atoms with Gasteiger partial charge >= 0.3 is 7.12 Å². The SMILES string of the molecule is CCC1=C2[C@@H](CC/C(=C/c3ccccc3O)c3ccccn3)OB(O)C[C@@H]2S(=O)(=O)C1. The molecule has 6 nitrogen and oxygen atoms in total. The number of pyridine rings is 1. The van der Waals surface area contributed by atoms with Crippen molar-refractivity contribution in [3.8, 4) is 5.75 Å². The Bertz CT molecular complexity index is 1110. The smallest absolute Gasteiger partial charge is 0.456 e. The summed E-state index contributed by atoms with van der Waals surface area (Å²) in [6, 6.07) is 12.7. The predicted molar refractivity (Wildman–Crippen MR) is 122 cm³/mol. The van der Waals surface area contributed by atoms with Gasteiger partial charge in [-0.15, -0.1) is 0 Å². The molecule has 1 aromatic heterocycles. The van der Waals surface area contributed by atoms with Crippen LogP contribution in [0.5, 0.6) is 5.75 Å². The zero-order valence-electron chi connectivity index (χ0n) is 17.4. The Hall–Kier alpha value is -2.42. The Kier molecular flexibility index (Phi) is 6.32. The van der Waals surface area contributed by atoms with Crippen LogP contribution in [0.4, 0.5) is 0 Å². The number of rotatable bonds is 6. The van der Waals surface area contributed by atoms with Gasteiger partial charge in [-0.2, -0.15) is 0 Å². The lowest BCUT2D eigenvalue weighted by Gasteiger charge is -2.32. The molecule has 0 unspecified atom stereocenters. The molecule has 1 saturated heterocycles. The Morgan fingerprint density at radius 3 is 2.74 bits per heavy atom. The van der Waals surface area contributed by atoms with Crippen LogP contribution in [0.1, 0.15) is 37.4 Å². The van der Waals surface area contributed by atoms with E-state index in [1.807, 2.05) is 43.3 Å². The second-order valence-electron chi connectivity index (χ2n) is 8.01. The van der Waals surface area contributed by atoms with Crippen LogP contribution < -0.4 is 0 Å².